The fraction of sp³-hybridized carbons (Fsp3) is 0. The van der Waals surface area contributed by atoms with E-state index in [0.717, 1.165) is 0 Å². The van der Waals surface area contributed by atoms with Crippen molar-refractivity contribution in [3.8, 4) is 0 Å². The Labute approximate surface area is 42.7 Å². The first kappa shape index (κ1) is 6.75. The zero-order valence-electron chi connectivity index (χ0n) is 2.61. The third-order valence-corrected chi connectivity index (χ3v) is 2.70. The topological polar surface area (TPSA) is 60.7 Å². The smallest absolute Gasteiger partial charge is 0.319 e. The van der Waals surface area contributed by atoms with Gasteiger partial charge in [-0.15, -0.1) is 0 Å². The first-order chi connectivity index (χ1) is 2.56. The second-order valence-electron chi connectivity index (χ2n) is 0.588. The molecule has 6 heavy (non-hydrogen) atoms. The molecule has 0 spiro atoms. The van der Waals surface area contributed by atoms with Crippen molar-refractivity contribution in [2.45, 2.75) is 0 Å². The van der Waals surface area contributed by atoms with Gasteiger partial charge in [0.15, 0.2) is 0 Å². The van der Waals surface area contributed by atoms with E-state index in [9.17, 15) is 0 Å². The summed E-state index contributed by atoms with van der Waals surface area (Å²) in [7, 11) is 0.243. The van der Waals surface area contributed by atoms with E-state index in [2.05, 4.69) is 11.2 Å². The molecule has 0 atom stereocenters. The lowest BCUT2D eigenvalue weighted by molar-refractivity contribution is 0.363. The first-order valence-electron chi connectivity index (χ1n) is 0.949. The minimum absolute atomic E-state index is 0.243. The molecule has 0 rings (SSSR count). The van der Waals surface area contributed by atoms with Gasteiger partial charge in [-0.05, 0) is 20.7 Å². The van der Waals surface area contributed by atoms with Crippen molar-refractivity contribution < 1.29 is 14.7 Å². The molecule has 3 N–H and O–H groups in total. The molecule has 0 saturated carbocycles. The SMILES string of the molecule is OP(O)(O)=S=S. The summed E-state index contributed by atoms with van der Waals surface area (Å²) < 4.78 is 0. The highest BCUT2D eigenvalue weighted by atomic mass is 32.9. The maximum absolute atomic E-state index is 7.91. The second kappa shape index (κ2) is 2.16. The van der Waals surface area contributed by atoms with Crippen LogP contribution in [-0.2, 0) is 20.7 Å². The Balaban J connectivity index is 4.21. The minimum Gasteiger partial charge on any atom is -0.325 e. The minimum atomic E-state index is -3.67. The molecule has 0 heterocycles. The van der Waals surface area contributed by atoms with Gasteiger partial charge in [-0.25, -0.2) is 0 Å². The summed E-state index contributed by atoms with van der Waals surface area (Å²) in [6.45, 7) is -3.67. The molecule has 6 heteroatoms. The van der Waals surface area contributed by atoms with Crippen LogP contribution in [0.5, 0.6) is 0 Å². The molecule has 0 radical (unpaired) electrons. The summed E-state index contributed by atoms with van der Waals surface area (Å²) in [5, 5.41) is 0. The molecule has 0 saturated heterocycles. The van der Waals surface area contributed by atoms with E-state index in [-0.39, 0.29) is 9.50 Å². The van der Waals surface area contributed by atoms with Gasteiger partial charge in [0.05, 0.1) is 0 Å². The summed E-state index contributed by atoms with van der Waals surface area (Å²) >= 11 is 4.01. The van der Waals surface area contributed by atoms with Gasteiger partial charge in [0, 0.05) is 0 Å². The van der Waals surface area contributed by atoms with Crippen LogP contribution in [0.1, 0.15) is 0 Å². The van der Waals surface area contributed by atoms with E-state index in [1.54, 1.807) is 0 Å². The highest BCUT2D eigenvalue weighted by Gasteiger charge is 1.94. The van der Waals surface area contributed by atoms with Crippen LogP contribution >= 0.6 is 6.72 Å². The zero-order chi connectivity index (χ0) is 5.21. The Morgan fingerprint density at radius 2 is 1.50 bits per heavy atom. The van der Waals surface area contributed by atoms with E-state index in [0.29, 0.717) is 0 Å². The van der Waals surface area contributed by atoms with Gasteiger partial charge < -0.3 is 14.7 Å². The molecule has 0 unspecified atom stereocenters. The van der Waals surface area contributed by atoms with Crippen molar-refractivity contribution in [1.82, 2.24) is 0 Å². The maximum atomic E-state index is 7.91. The van der Waals surface area contributed by atoms with Gasteiger partial charge >= 0.3 is 6.72 Å². The molecule has 0 aliphatic heterocycles. The maximum Gasteiger partial charge on any atom is 0.319 e. The highest BCUT2D eigenvalue weighted by Crippen LogP contribution is 2.28. The lowest BCUT2D eigenvalue weighted by atomic mass is 15.8. The number of hydrogen-bond donors (Lipinski definition) is 3. The van der Waals surface area contributed by atoms with Crippen LogP contribution in [0.2, 0.25) is 0 Å². The van der Waals surface area contributed by atoms with E-state index < -0.39 is 6.72 Å². The molecule has 38 valence electrons. The van der Waals surface area contributed by atoms with Gasteiger partial charge in [0.2, 0.25) is 0 Å². The molecular formula is H3O3PS2. The van der Waals surface area contributed by atoms with Gasteiger partial charge in [-0.1, -0.05) is 0 Å². The Kier molecular flexibility index (Phi) is 2.43. The first-order valence-corrected chi connectivity index (χ1v) is 4.94. The van der Waals surface area contributed by atoms with Gasteiger partial charge in [-0.3, -0.25) is 0 Å². The zero-order valence-corrected chi connectivity index (χ0v) is 5.13. The fourth-order valence-corrected chi connectivity index (χ4v) is 0. The van der Waals surface area contributed by atoms with Crippen LogP contribution in [0.15, 0.2) is 0 Å². The molecule has 0 aromatic rings. The lowest BCUT2D eigenvalue weighted by Crippen LogP contribution is -1.67. The molecule has 0 aliphatic rings. The van der Waals surface area contributed by atoms with E-state index in [1.807, 2.05) is 0 Å². The van der Waals surface area contributed by atoms with Crippen LogP contribution in [0.3, 0.4) is 0 Å². The standard InChI is InChI=1S/H3O3PS2/c1-4(2,3)6-5/h1-3H. The second-order valence-corrected chi connectivity index (χ2v) is 5.02. The fourth-order valence-electron chi connectivity index (χ4n) is 0. The van der Waals surface area contributed by atoms with Gasteiger partial charge in [0.25, 0.3) is 0 Å². The average Bonchev–Trinajstić information content (AvgIpc) is 1.35. The van der Waals surface area contributed by atoms with Gasteiger partial charge in [-0.2, -0.15) is 0 Å². The van der Waals surface area contributed by atoms with Crippen LogP contribution in [-0.4, -0.2) is 14.7 Å². The van der Waals surface area contributed by atoms with Crippen molar-refractivity contribution in [3.05, 3.63) is 0 Å². The highest BCUT2D eigenvalue weighted by molar-refractivity contribution is 8.35. The van der Waals surface area contributed by atoms with Crippen molar-refractivity contribution in [3.63, 3.8) is 0 Å². The van der Waals surface area contributed by atoms with E-state index in [1.165, 1.54) is 0 Å². The predicted molar refractivity (Wildman–Crippen MR) is 28.3 cm³/mol. The Bertz CT molecular complexity index is 97.7. The van der Waals surface area contributed by atoms with Crippen molar-refractivity contribution in [1.29, 1.82) is 0 Å². The molecular weight excluding hydrogens is 143 g/mol. The van der Waals surface area contributed by atoms with Crippen molar-refractivity contribution >= 4 is 27.4 Å². The van der Waals surface area contributed by atoms with Crippen LogP contribution in [0.4, 0.5) is 0 Å². The predicted octanol–water partition coefficient (Wildman–Crippen LogP) is -0.815. The monoisotopic (exact) mass is 146 g/mol. The largest absolute Gasteiger partial charge is 0.325 e. The molecule has 0 amide bonds. The lowest BCUT2D eigenvalue weighted by Gasteiger charge is -1.89. The molecule has 0 aromatic heterocycles. The summed E-state index contributed by atoms with van der Waals surface area (Å²) in [4.78, 5) is 23.7. The van der Waals surface area contributed by atoms with Crippen LogP contribution < -0.4 is 0 Å². The molecule has 0 aliphatic carbocycles. The Morgan fingerprint density at radius 3 is 1.50 bits per heavy atom. The molecule has 0 aromatic carbocycles. The summed E-state index contributed by atoms with van der Waals surface area (Å²) in [6, 6.07) is 0. The third-order valence-electron chi connectivity index (χ3n) is 0.100. The van der Waals surface area contributed by atoms with Crippen LogP contribution in [0.25, 0.3) is 0 Å². The summed E-state index contributed by atoms with van der Waals surface area (Å²) in [5.41, 5.74) is 0. The molecule has 0 fully saturated rings. The number of hydrogen-bond acceptors (Lipinski definition) is 1. The third kappa shape index (κ3) is 4.75. The normalized spacial score (nSPS) is 11.2. The summed E-state index contributed by atoms with van der Waals surface area (Å²) in [6.07, 6.45) is 0. The van der Waals surface area contributed by atoms with E-state index in [4.69, 9.17) is 14.7 Å². The quantitative estimate of drug-likeness (QED) is 0.391. The number of rotatable bonds is 0. The van der Waals surface area contributed by atoms with Crippen molar-refractivity contribution in [2.75, 3.05) is 0 Å². The Morgan fingerprint density at radius 1 is 1.33 bits per heavy atom. The average molecular weight is 146 g/mol. The Hall–Kier alpha value is 0.750. The van der Waals surface area contributed by atoms with Crippen LogP contribution in [0, 0.1) is 0 Å². The van der Waals surface area contributed by atoms with Gasteiger partial charge in [0.1, 0.15) is 0 Å². The van der Waals surface area contributed by atoms with Crippen molar-refractivity contribution in [2.24, 2.45) is 0 Å². The molecule has 3 nitrogen and oxygen atoms in total. The summed E-state index contributed by atoms with van der Waals surface area (Å²) in [5.74, 6) is 0. The van der Waals surface area contributed by atoms with E-state index >= 15 is 0 Å². The molecule has 0 bridgehead atoms.